The zero-order valence-electron chi connectivity index (χ0n) is 10.6. The van der Waals surface area contributed by atoms with Crippen LogP contribution in [0.5, 0.6) is 0 Å². The molecule has 17 heavy (non-hydrogen) atoms. The normalized spacial score (nSPS) is 10.7. The molecule has 0 aliphatic heterocycles. The quantitative estimate of drug-likeness (QED) is 0.758. The van der Waals surface area contributed by atoms with Gasteiger partial charge >= 0.3 is 5.69 Å². The van der Waals surface area contributed by atoms with Gasteiger partial charge in [0.05, 0.1) is 0 Å². The summed E-state index contributed by atoms with van der Waals surface area (Å²) in [4.78, 5) is 23.4. The van der Waals surface area contributed by atoms with Crippen LogP contribution in [0.25, 0.3) is 0 Å². The zero-order valence-corrected chi connectivity index (χ0v) is 10.6. The Balaban J connectivity index is 2.92. The average Bonchev–Trinajstić information content (AvgIpc) is 2.28. The van der Waals surface area contributed by atoms with E-state index in [0.717, 1.165) is 25.7 Å². The molecule has 0 atom stereocenters. The van der Waals surface area contributed by atoms with Gasteiger partial charge < -0.3 is 5.73 Å². The minimum atomic E-state index is -0.320. The Labute approximate surface area is 101 Å². The molecule has 0 saturated heterocycles. The number of rotatable bonds is 6. The van der Waals surface area contributed by atoms with Crippen molar-refractivity contribution in [2.45, 2.75) is 52.6 Å². The highest BCUT2D eigenvalue weighted by Crippen LogP contribution is 2.03. The Hall–Kier alpha value is -1.52. The van der Waals surface area contributed by atoms with Crippen LogP contribution >= 0.6 is 0 Å². The molecule has 5 nitrogen and oxygen atoms in total. The maximum absolute atomic E-state index is 12.0. The molecule has 96 valence electrons. The summed E-state index contributed by atoms with van der Waals surface area (Å²) in [6.45, 7) is 4.88. The molecule has 0 aliphatic carbocycles. The number of unbranched alkanes of at least 4 members (excludes halogenated alkanes) is 3. The molecule has 1 heterocycles. The summed E-state index contributed by atoms with van der Waals surface area (Å²) in [7, 11) is 0. The SMILES string of the molecule is CCCCCCn1c(N)cc(=O)n(CC)c1=O. The third-order valence-electron chi connectivity index (χ3n) is 2.86. The smallest absolute Gasteiger partial charge is 0.332 e. The molecule has 1 aromatic heterocycles. The lowest BCUT2D eigenvalue weighted by molar-refractivity contribution is 0.532. The maximum Gasteiger partial charge on any atom is 0.332 e. The Bertz CT molecular complexity index is 474. The molecular formula is C12H21N3O2. The molecule has 0 aromatic carbocycles. The second-order valence-electron chi connectivity index (χ2n) is 4.15. The topological polar surface area (TPSA) is 70.0 Å². The molecule has 0 bridgehead atoms. The standard InChI is InChI=1S/C12H21N3O2/c1-3-5-6-7-8-15-10(13)9-11(16)14(4-2)12(15)17/h9H,3-8,13H2,1-2H3. The van der Waals surface area contributed by atoms with Gasteiger partial charge in [0, 0.05) is 19.2 Å². The molecule has 0 fully saturated rings. The minimum absolute atomic E-state index is 0.265. The van der Waals surface area contributed by atoms with Gasteiger partial charge in [0.25, 0.3) is 5.56 Å². The second kappa shape index (κ2) is 6.27. The van der Waals surface area contributed by atoms with Crippen molar-refractivity contribution in [3.63, 3.8) is 0 Å². The molecule has 5 heteroatoms. The third-order valence-corrected chi connectivity index (χ3v) is 2.86. The van der Waals surface area contributed by atoms with Crippen LogP contribution in [-0.4, -0.2) is 9.13 Å². The van der Waals surface area contributed by atoms with E-state index in [1.165, 1.54) is 15.2 Å². The van der Waals surface area contributed by atoms with Gasteiger partial charge in [0.15, 0.2) is 0 Å². The van der Waals surface area contributed by atoms with Crippen LogP contribution in [0.1, 0.15) is 39.5 Å². The third kappa shape index (κ3) is 3.22. The summed E-state index contributed by atoms with van der Waals surface area (Å²) < 4.78 is 2.69. The van der Waals surface area contributed by atoms with Crippen molar-refractivity contribution >= 4 is 5.82 Å². The summed E-state index contributed by atoms with van der Waals surface area (Å²) in [6, 6.07) is 1.32. The Morgan fingerprint density at radius 1 is 1.12 bits per heavy atom. The summed E-state index contributed by atoms with van der Waals surface area (Å²) in [5.74, 6) is 0.265. The molecule has 2 N–H and O–H groups in total. The Morgan fingerprint density at radius 2 is 1.82 bits per heavy atom. The summed E-state index contributed by atoms with van der Waals surface area (Å²) >= 11 is 0. The minimum Gasteiger partial charge on any atom is -0.385 e. The molecule has 0 radical (unpaired) electrons. The number of hydrogen-bond donors (Lipinski definition) is 1. The van der Waals surface area contributed by atoms with Gasteiger partial charge in [-0.15, -0.1) is 0 Å². The van der Waals surface area contributed by atoms with Crippen molar-refractivity contribution in [1.29, 1.82) is 0 Å². The lowest BCUT2D eigenvalue weighted by Crippen LogP contribution is -2.40. The van der Waals surface area contributed by atoms with Crippen molar-refractivity contribution in [2.75, 3.05) is 5.73 Å². The molecule has 0 unspecified atom stereocenters. The van der Waals surface area contributed by atoms with E-state index in [1.54, 1.807) is 6.92 Å². The van der Waals surface area contributed by atoms with Crippen LogP contribution < -0.4 is 17.0 Å². The fraction of sp³-hybridized carbons (Fsp3) is 0.667. The highest BCUT2D eigenvalue weighted by Gasteiger charge is 2.07. The van der Waals surface area contributed by atoms with Crippen LogP contribution in [-0.2, 0) is 13.1 Å². The van der Waals surface area contributed by atoms with E-state index in [2.05, 4.69) is 6.92 Å². The first-order chi connectivity index (χ1) is 8.11. The highest BCUT2D eigenvalue weighted by atomic mass is 16.2. The van der Waals surface area contributed by atoms with E-state index in [0.29, 0.717) is 13.1 Å². The summed E-state index contributed by atoms with van der Waals surface area (Å²) in [6.07, 6.45) is 4.30. The number of anilines is 1. The van der Waals surface area contributed by atoms with Crippen molar-refractivity contribution in [2.24, 2.45) is 0 Å². The maximum atomic E-state index is 12.0. The number of hydrogen-bond acceptors (Lipinski definition) is 3. The molecule has 0 amide bonds. The van der Waals surface area contributed by atoms with E-state index >= 15 is 0 Å². The van der Waals surface area contributed by atoms with Gasteiger partial charge in [0.2, 0.25) is 0 Å². The molecule has 0 saturated carbocycles. The molecule has 0 spiro atoms. The van der Waals surface area contributed by atoms with E-state index in [4.69, 9.17) is 5.73 Å². The lowest BCUT2D eigenvalue weighted by Gasteiger charge is -2.11. The molecule has 1 rings (SSSR count). The summed E-state index contributed by atoms with van der Waals surface area (Å²) in [5, 5.41) is 0. The first-order valence-electron chi connectivity index (χ1n) is 6.22. The Morgan fingerprint density at radius 3 is 2.41 bits per heavy atom. The monoisotopic (exact) mass is 239 g/mol. The highest BCUT2D eigenvalue weighted by molar-refractivity contribution is 5.26. The fourth-order valence-electron chi connectivity index (χ4n) is 1.85. The predicted molar refractivity (Wildman–Crippen MR) is 69.2 cm³/mol. The van der Waals surface area contributed by atoms with E-state index in [9.17, 15) is 9.59 Å². The largest absolute Gasteiger partial charge is 0.385 e. The first kappa shape index (κ1) is 13.5. The van der Waals surface area contributed by atoms with Crippen LogP contribution in [0.3, 0.4) is 0 Å². The number of nitrogens with two attached hydrogens (primary N) is 1. The van der Waals surface area contributed by atoms with Gasteiger partial charge in [0.1, 0.15) is 5.82 Å². The first-order valence-corrected chi connectivity index (χ1v) is 6.22. The van der Waals surface area contributed by atoms with E-state index in [1.807, 2.05) is 0 Å². The molecule has 0 aliphatic rings. The van der Waals surface area contributed by atoms with Crippen LogP contribution in [0.2, 0.25) is 0 Å². The van der Waals surface area contributed by atoms with Crippen molar-refractivity contribution in [1.82, 2.24) is 9.13 Å². The van der Waals surface area contributed by atoms with Crippen LogP contribution in [0.15, 0.2) is 15.7 Å². The Kier molecular flexibility index (Phi) is 5.00. The van der Waals surface area contributed by atoms with Gasteiger partial charge in [-0.2, -0.15) is 0 Å². The van der Waals surface area contributed by atoms with Gasteiger partial charge in [-0.25, -0.2) is 4.79 Å². The molecule has 1 aromatic rings. The van der Waals surface area contributed by atoms with E-state index < -0.39 is 0 Å². The average molecular weight is 239 g/mol. The van der Waals surface area contributed by atoms with Gasteiger partial charge in [-0.05, 0) is 13.3 Å². The van der Waals surface area contributed by atoms with Crippen molar-refractivity contribution < 1.29 is 0 Å². The summed E-state index contributed by atoms with van der Waals surface area (Å²) in [5.41, 5.74) is 5.09. The fourth-order valence-corrected chi connectivity index (χ4v) is 1.85. The number of aromatic nitrogens is 2. The second-order valence-corrected chi connectivity index (χ2v) is 4.15. The molecular weight excluding hydrogens is 218 g/mol. The van der Waals surface area contributed by atoms with Gasteiger partial charge in [-0.1, -0.05) is 26.2 Å². The van der Waals surface area contributed by atoms with E-state index in [-0.39, 0.29) is 17.1 Å². The zero-order chi connectivity index (χ0) is 12.8. The number of nitrogens with zero attached hydrogens (tertiary/aromatic N) is 2. The van der Waals surface area contributed by atoms with Crippen LogP contribution in [0, 0.1) is 0 Å². The van der Waals surface area contributed by atoms with Crippen molar-refractivity contribution in [3.8, 4) is 0 Å². The predicted octanol–water partition coefficient (Wildman–Crippen LogP) is 1.19. The number of nitrogen functional groups attached to an aromatic ring is 1. The van der Waals surface area contributed by atoms with Gasteiger partial charge in [-0.3, -0.25) is 13.9 Å². The van der Waals surface area contributed by atoms with Crippen LogP contribution in [0.4, 0.5) is 5.82 Å². The van der Waals surface area contributed by atoms with Crippen molar-refractivity contribution in [3.05, 3.63) is 26.9 Å². The lowest BCUT2D eigenvalue weighted by atomic mass is 10.2.